The highest BCUT2D eigenvalue weighted by atomic mass is 16.5. The van der Waals surface area contributed by atoms with Crippen LogP contribution in [0.1, 0.15) is 0 Å². The first-order chi connectivity index (χ1) is 6.68. The van der Waals surface area contributed by atoms with Gasteiger partial charge in [-0.1, -0.05) is 0 Å². The Morgan fingerprint density at radius 3 is 2.57 bits per heavy atom. The van der Waals surface area contributed by atoms with Crippen molar-refractivity contribution in [2.75, 3.05) is 53.0 Å². The fourth-order valence-corrected chi connectivity index (χ4v) is 1.43. The van der Waals surface area contributed by atoms with Crippen LogP contribution in [0.15, 0.2) is 0 Å². The van der Waals surface area contributed by atoms with E-state index in [1.807, 2.05) is 0 Å². The third-order valence-electron chi connectivity index (χ3n) is 2.38. The highest BCUT2D eigenvalue weighted by Crippen LogP contribution is 1.97. The Balaban J connectivity index is 1.99. The minimum atomic E-state index is -0.650. The van der Waals surface area contributed by atoms with Gasteiger partial charge in [0.05, 0.1) is 13.2 Å². The Kier molecular flexibility index (Phi) is 4.86. The van der Waals surface area contributed by atoms with Gasteiger partial charge in [0.25, 0.3) is 0 Å². The van der Waals surface area contributed by atoms with Crippen molar-refractivity contribution in [2.45, 2.75) is 0 Å². The SMILES string of the molecule is CN1CCN(CCOCC(=N)[O-])CC1. The van der Waals surface area contributed by atoms with Gasteiger partial charge in [0, 0.05) is 32.7 Å². The standard InChI is InChI=1S/C9H19N3O2/c1-11-2-4-12(5-3-11)6-7-14-8-9(10)13/h2-8H2,1H3,(H2,10,13)/p-1. The van der Waals surface area contributed by atoms with Crippen LogP contribution in [0.3, 0.4) is 0 Å². The summed E-state index contributed by atoms with van der Waals surface area (Å²) >= 11 is 0. The molecule has 1 fully saturated rings. The zero-order valence-electron chi connectivity index (χ0n) is 8.66. The number of piperazine rings is 1. The molecule has 0 aliphatic carbocycles. The second kappa shape index (κ2) is 5.95. The van der Waals surface area contributed by atoms with Gasteiger partial charge in [-0.25, -0.2) is 0 Å². The van der Waals surface area contributed by atoms with Gasteiger partial charge in [0.2, 0.25) is 0 Å². The molecule has 1 saturated heterocycles. The van der Waals surface area contributed by atoms with Crippen LogP contribution in [0.25, 0.3) is 0 Å². The van der Waals surface area contributed by atoms with Gasteiger partial charge in [-0.3, -0.25) is 4.90 Å². The number of rotatable bonds is 5. The van der Waals surface area contributed by atoms with Crippen LogP contribution >= 0.6 is 0 Å². The van der Waals surface area contributed by atoms with Gasteiger partial charge in [0.15, 0.2) is 0 Å². The normalized spacial score (nSPS) is 19.8. The first-order valence-electron chi connectivity index (χ1n) is 4.91. The highest BCUT2D eigenvalue weighted by Gasteiger charge is 2.12. The Hall–Kier alpha value is -0.650. The van der Waals surface area contributed by atoms with E-state index < -0.39 is 5.90 Å². The molecule has 0 aromatic heterocycles. The second-order valence-electron chi connectivity index (χ2n) is 3.62. The summed E-state index contributed by atoms with van der Waals surface area (Å²) < 4.78 is 5.03. The molecule has 0 spiro atoms. The molecular weight excluding hydrogens is 182 g/mol. The topological polar surface area (TPSA) is 62.6 Å². The Bertz CT molecular complexity index is 179. The van der Waals surface area contributed by atoms with E-state index in [1.54, 1.807) is 0 Å². The molecule has 0 amide bonds. The van der Waals surface area contributed by atoms with Gasteiger partial charge in [0.1, 0.15) is 0 Å². The molecule has 1 aliphatic heterocycles. The first-order valence-corrected chi connectivity index (χ1v) is 4.91. The maximum Gasteiger partial charge on any atom is 0.0741 e. The predicted octanol–water partition coefficient (Wildman–Crippen LogP) is -1.41. The molecule has 5 heteroatoms. The average Bonchev–Trinajstić information content (AvgIpc) is 2.15. The number of likely N-dealkylation sites (N-methyl/N-ethyl adjacent to an activating group) is 1. The number of hydrogen-bond acceptors (Lipinski definition) is 5. The van der Waals surface area contributed by atoms with Gasteiger partial charge in [-0.2, -0.15) is 0 Å². The molecule has 1 aliphatic rings. The number of nitrogens with zero attached hydrogens (tertiary/aromatic N) is 2. The maximum atomic E-state index is 10.3. The van der Waals surface area contributed by atoms with Crippen LogP contribution in [-0.2, 0) is 4.74 Å². The summed E-state index contributed by atoms with van der Waals surface area (Å²) in [4.78, 5) is 4.61. The van der Waals surface area contributed by atoms with E-state index in [-0.39, 0.29) is 6.61 Å². The maximum absolute atomic E-state index is 10.3. The molecule has 0 radical (unpaired) electrons. The van der Waals surface area contributed by atoms with E-state index in [0.717, 1.165) is 32.7 Å². The second-order valence-corrected chi connectivity index (χ2v) is 3.62. The molecule has 0 saturated carbocycles. The van der Waals surface area contributed by atoms with Crippen LogP contribution in [-0.4, -0.2) is 68.7 Å². The lowest BCUT2D eigenvalue weighted by Crippen LogP contribution is -2.45. The largest absolute Gasteiger partial charge is 0.861 e. The van der Waals surface area contributed by atoms with Crippen molar-refractivity contribution in [3.05, 3.63) is 0 Å². The van der Waals surface area contributed by atoms with Gasteiger partial charge < -0.3 is 20.2 Å². The fraction of sp³-hybridized carbons (Fsp3) is 0.889. The lowest BCUT2D eigenvalue weighted by Gasteiger charge is -2.32. The predicted molar refractivity (Wildman–Crippen MR) is 52.5 cm³/mol. The van der Waals surface area contributed by atoms with E-state index >= 15 is 0 Å². The molecular formula is C9H18N3O2-. The monoisotopic (exact) mass is 200 g/mol. The summed E-state index contributed by atoms with van der Waals surface area (Å²) in [7, 11) is 2.12. The van der Waals surface area contributed by atoms with Crippen LogP contribution < -0.4 is 5.11 Å². The summed E-state index contributed by atoms with van der Waals surface area (Å²) in [6, 6.07) is 0. The molecule has 0 unspecified atom stereocenters. The lowest BCUT2D eigenvalue weighted by molar-refractivity contribution is -0.225. The third kappa shape index (κ3) is 4.55. The van der Waals surface area contributed by atoms with Crippen molar-refractivity contribution >= 4 is 5.90 Å². The zero-order chi connectivity index (χ0) is 10.4. The molecule has 0 atom stereocenters. The average molecular weight is 200 g/mol. The van der Waals surface area contributed by atoms with Crippen molar-refractivity contribution in [1.29, 1.82) is 5.41 Å². The lowest BCUT2D eigenvalue weighted by atomic mass is 10.3. The Morgan fingerprint density at radius 1 is 1.36 bits per heavy atom. The van der Waals surface area contributed by atoms with Crippen LogP contribution in [0, 0.1) is 5.41 Å². The fourth-order valence-electron chi connectivity index (χ4n) is 1.43. The molecule has 1 rings (SSSR count). The summed E-state index contributed by atoms with van der Waals surface area (Å²) in [5, 5.41) is 16.9. The van der Waals surface area contributed by atoms with Crippen molar-refractivity contribution in [3.63, 3.8) is 0 Å². The van der Waals surface area contributed by atoms with Crippen molar-refractivity contribution in [2.24, 2.45) is 0 Å². The minimum absolute atomic E-state index is 0.0757. The molecule has 0 aromatic rings. The van der Waals surface area contributed by atoms with Crippen molar-refractivity contribution < 1.29 is 9.84 Å². The summed E-state index contributed by atoms with van der Waals surface area (Å²) in [6.45, 7) is 5.65. The smallest absolute Gasteiger partial charge is 0.0741 e. The van der Waals surface area contributed by atoms with Gasteiger partial charge in [-0.05, 0) is 12.9 Å². The van der Waals surface area contributed by atoms with E-state index in [1.165, 1.54) is 0 Å². The van der Waals surface area contributed by atoms with E-state index in [0.29, 0.717) is 6.61 Å². The summed E-state index contributed by atoms with van der Waals surface area (Å²) in [5.41, 5.74) is 0. The Labute approximate surface area is 84.8 Å². The van der Waals surface area contributed by atoms with Crippen LogP contribution in [0.2, 0.25) is 0 Å². The number of nitrogens with one attached hydrogen (secondary N) is 1. The minimum Gasteiger partial charge on any atom is -0.861 e. The third-order valence-corrected chi connectivity index (χ3v) is 2.38. The molecule has 14 heavy (non-hydrogen) atoms. The van der Waals surface area contributed by atoms with Gasteiger partial charge in [-0.15, -0.1) is 0 Å². The summed E-state index contributed by atoms with van der Waals surface area (Å²) in [6.07, 6.45) is 0. The Morgan fingerprint density at radius 2 is 2.00 bits per heavy atom. The highest BCUT2D eigenvalue weighted by molar-refractivity contribution is 5.68. The molecule has 82 valence electrons. The first kappa shape index (κ1) is 11.4. The molecule has 0 bridgehead atoms. The molecule has 1 N–H and O–H groups in total. The molecule has 1 heterocycles. The number of ether oxygens (including phenoxy) is 1. The quantitative estimate of drug-likeness (QED) is 0.336. The van der Waals surface area contributed by atoms with Crippen LogP contribution in [0.5, 0.6) is 0 Å². The van der Waals surface area contributed by atoms with Crippen molar-refractivity contribution in [3.8, 4) is 0 Å². The van der Waals surface area contributed by atoms with E-state index in [4.69, 9.17) is 10.1 Å². The molecule has 5 nitrogen and oxygen atoms in total. The van der Waals surface area contributed by atoms with Crippen LogP contribution in [0.4, 0.5) is 0 Å². The summed E-state index contributed by atoms with van der Waals surface area (Å²) in [5.74, 6) is -0.650. The zero-order valence-corrected chi connectivity index (χ0v) is 8.66. The van der Waals surface area contributed by atoms with E-state index in [9.17, 15) is 5.11 Å². The van der Waals surface area contributed by atoms with Crippen molar-refractivity contribution in [1.82, 2.24) is 9.80 Å². The number of hydrogen-bond donors (Lipinski definition) is 1. The molecule has 0 aromatic carbocycles. The van der Waals surface area contributed by atoms with E-state index in [2.05, 4.69) is 16.8 Å². The van der Waals surface area contributed by atoms with Gasteiger partial charge >= 0.3 is 0 Å².